The molecule has 2 aliphatic carbocycles. The first-order chi connectivity index (χ1) is 8.73. The van der Waals surface area contributed by atoms with Crippen molar-refractivity contribution in [3.05, 3.63) is 11.6 Å². The van der Waals surface area contributed by atoms with Crippen LogP contribution in [-0.4, -0.2) is 34.5 Å². The van der Waals surface area contributed by atoms with E-state index in [9.17, 15) is 15.0 Å². The average Bonchev–Trinajstić information content (AvgIpc) is 2.64. The van der Waals surface area contributed by atoms with Crippen molar-refractivity contribution in [2.75, 3.05) is 6.61 Å². The van der Waals surface area contributed by atoms with E-state index in [4.69, 9.17) is 4.74 Å². The first-order valence-corrected chi connectivity index (χ1v) is 7.02. The molecule has 0 spiro atoms. The average molecular weight is 266 g/mol. The predicted molar refractivity (Wildman–Crippen MR) is 69.2 cm³/mol. The molecule has 0 bridgehead atoms. The lowest BCUT2D eigenvalue weighted by Gasteiger charge is -2.59. The highest BCUT2D eigenvalue weighted by atomic mass is 16.6. The number of hydrogen-bond donors (Lipinski definition) is 2. The van der Waals surface area contributed by atoms with Crippen molar-refractivity contribution >= 4 is 5.97 Å². The number of fused-ring (bicyclic) bond motifs is 3. The van der Waals surface area contributed by atoms with Gasteiger partial charge in [0.1, 0.15) is 12.2 Å². The maximum Gasteiger partial charge on any atom is 0.336 e. The quantitative estimate of drug-likeness (QED) is 0.651. The lowest BCUT2D eigenvalue weighted by Crippen LogP contribution is -2.62. The van der Waals surface area contributed by atoms with E-state index in [1.165, 1.54) is 0 Å². The van der Waals surface area contributed by atoms with Gasteiger partial charge in [0.05, 0.1) is 11.7 Å². The maximum atomic E-state index is 11.8. The van der Waals surface area contributed by atoms with Gasteiger partial charge in [-0.2, -0.15) is 0 Å². The van der Waals surface area contributed by atoms with Gasteiger partial charge in [0.25, 0.3) is 0 Å². The molecule has 0 radical (unpaired) electrons. The van der Waals surface area contributed by atoms with Crippen LogP contribution in [0.2, 0.25) is 0 Å². The summed E-state index contributed by atoms with van der Waals surface area (Å²) in [4.78, 5) is 11.8. The molecule has 4 nitrogen and oxygen atoms in total. The third kappa shape index (κ3) is 1.39. The number of cyclic esters (lactones) is 1. The molecule has 0 aromatic heterocycles. The van der Waals surface area contributed by atoms with Gasteiger partial charge in [0, 0.05) is 5.41 Å². The van der Waals surface area contributed by atoms with E-state index >= 15 is 0 Å². The van der Waals surface area contributed by atoms with Gasteiger partial charge in [-0.25, -0.2) is 4.79 Å². The van der Waals surface area contributed by atoms with Gasteiger partial charge in [-0.15, -0.1) is 0 Å². The summed E-state index contributed by atoms with van der Waals surface area (Å²) in [6.07, 6.45) is 3.55. The predicted octanol–water partition coefficient (Wildman–Crippen LogP) is 1.41. The standard InChI is InChI=1S/C15H22O4/c1-13(2)10-5-4-9-12(17)19-8-15(9,18)14(10,3)7-6-11(13)16/h4,10-11,16,18H,5-8H2,1-3H3. The highest BCUT2D eigenvalue weighted by Gasteiger charge is 2.65. The number of aliphatic hydroxyl groups is 2. The first-order valence-electron chi connectivity index (χ1n) is 7.02. The molecule has 106 valence electrons. The molecule has 3 aliphatic rings. The summed E-state index contributed by atoms with van der Waals surface area (Å²) in [5.41, 5.74) is -1.44. The highest BCUT2D eigenvalue weighted by Crippen LogP contribution is 2.62. The van der Waals surface area contributed by atoms with Gasteiger partial charge >= 0.3 is 5.97 Å². The van der Waals surface area contributed by atoms with Gasteiger partial charge in [-0.3, -0.25) is 0 Å². The maximum absolute atomic E-state index is 11.8. The molecule has 1 heterocycles. The van der Waals surface area contributed by atoms with E-state index in [1.807, 2.05) is 13.0 Å². The topological polar surface area (TPSA) is 66.8 Å². The molecule has 1 saturated heterocycles. The molecule has 4 unspecified atom stereocenters. The minimum atomic E-state index is -1.19. The van der Waals surface area contributed by atoms with Crippen molar-refractivity contribution in [2.24, 2.45) is 16.7 Å². The van der Waals surface area contributed by atoms with Gasteiger partial charge in [0.15, 0.2) is 0 Å². The van der Waals surface area contributed by atoms with Crippen molar-refractivity contribution in [2.45, 2.75) is 51.7 Å². The van der Waals surface area contributed by atoms with Gasteiger partial charge in [-0.05, 0) is 30.6 Å². The van der Waals surface area contributed by atoms with Crippen LogP contribution < -0.4 is 0 Å². The largest absolute Gasteiger partial charge is 0.459 e. The molecule has 0 amide bonds. The Morgan fingerprint density at radius 3 is 2.74 bits per heavy atom. The second kappa shape index (κ2) is 3.61. The van der Waals surface area contributed by atoms with Crippen molar-refractivity contribution < 1.29 is 19.7 Å². The summed E-state index contributed by atoms with van der Waals surface area (Å²) in [6, 6.07) is 0. The van der Waals surface area contributed by atoms with Crippen LogP contribution >= 0.6 is 0 Å². The molecule has 1 saturated carbocycles. The van der Waals surface area contributed by atoms with Crippen molar-refractivity contribution in [3.63, 3.8) is 0 Å². The number of carbonyl (C=O) groups excluding carboxylic acids is 1. The highest BCUT2D eigenvalue weighted by molar-refractivity contribution is 5.93. The zero-order valence-electron chi connectivity index (χ0n) is 11.8. The number of hydrogen-bond acceptors (Lipinski definition) is 4. The summed E-state index contributed by atoms with van der Waals surface area (Å²) < 4.78 is 5.09. The fraction of sp³-hybridized carbons (Fsp3) is 0.800. The van der Waals surface area contributed by atoms with Crippen molar-refractivity contribution in [3.8, 4) is 0 Å². The van der Waals surface area contributed by atoms with Crippen molar-refractivity contribution in [1.29, 1.82) is 0 Å². The van der Waals surface area contributed by atoms with Gasteiger partial charge in [-0.1, -0.05) is 26.8 Å². The molecule has 0 aromatic carbocycles. The first kappa shape index (κ1) is 13.1. The van der Waals surface area contributed by atoms with E-state index in [1.54, 1.807) is 0 Å². The van der Waals surface area contributed by atoms with Crippen LogP contribution in [0, 0.1) is 16.7 Å². The third-order valence-electron chi connectivity index (χ3n) is 6.04. The molecule has 1 aliphatic heterocycles. The summed E-state index contributed by atoms with van der Waals surface area (Å²) >= 11 is 0. The fourth-order valence-electron chi connectivity index (χ4n) is 4.55. The van der Waals surface area contributed by atoms with Crippen LogP contribution in [0.5, 0.6) is 0 Å². The zero-order valence-corrected chi connectivity index (χ0v) is 11.8. The fourth-order valence-corrected chi connectivity index (χ4v) is 4.55. The Labute approximate surface area is 113 Å². The second-order valence-electron chi connectivity index (χ2n) is 7.14. The number of esters is 1. The SMILES string of the molecule is CC1(C)C(O)CCC2(C)C1CC=C1C(=O)OCC12O. The molecule has 2 fully saturated rings. The summed E-state index contributed by atoms with van der Waals surface area (Å²) in [6.45, 7) is 6.20. The summed E-state index contributed by atoms with van der Waals surface area (Å²) in [7, 11) is 0. The number of carbonyl (C=O) groups is 1. The molecule has 2 N–H and O–H groups in total. The van der Waals surface area contributed by atoms with Crippen molar-refractivity contribution in [1.82, 2.24) is 0 Å². The van der Waals surface area contributed by atoms with Gasteiger partial charge in [0.2, 0.25) is 0 Å². The Balaban J connectivity index is 2.11. The molecule has 4 heteroatoms. The van der Waals surface area contributed by atoms with Crippen LogP contribution in [0.3, 0.4) is 0 Å². The smallest absolute Gasteiger partial charge is 0.336 e. The van der Waals surface area contributed by atoms with Crippen LogP contribution in [0.4, 0.5) is 0 Å². The van der Waals surface area contributed by atoms with Crippen LogP contribution in [0.25, 0.3) is 0 Å². The normalized spacial score (nSPS) is 48.1. The molecule has 4 atom stereocenters. The molecule has 3 rings (SSSR count). The Bertz CT molecular complexity index is 467. The molecular formula is C15H22O4. The summed E-state index contributed by atoms with van der Waals surface area (Å²) in [5.74, 6) is -0.238. The Morgan fingerprint density at radius 1 is 1.37 bits per heavy atom. The number of aliphatic hydroxyl groups excluding tert-OH is 1. The lowest BCUT2D eigenvalue weighted by molar-refractivity contribution is -0.177. The number of allylic oxidation sites excluding steroid dienone is 1. The van der Waals surface area contributed by atoms with E-state index < -0.39 is 11.0 Å². The Hall–Kier alpha value is -0.870. The molecule has 0 aromatic rings. The van der Waals surface area contributed by atoms with E-state index in [-0.39, 0.29) is 30.0 Å². The summed E-state index contributed by atoms with van der Waals surface area (Å²) in [5, 5.41) is 21.3. The van der Waals surface area contributed by atoms with Gasteiger partial charge < -0.3 is 14.9 Å². The lowest BCUT2D eigenvalue weighted by atomic mass is 9.46. The third-order valence-corrected chi connectivity index (χ3v) is 6.04. The Kier molecular flexibility index (Phi) is 2.50. The number of rotatable bonds is 0. The van der Waals surface area contributed by atoms with Crippen LogP contribution in [-0.2, 0) is 9.53 Å². The Morgan fingerprint density at radius 2 is 2.05 bits per heavy atom. The van der Waals surface area contributed by atoms with E-state index in [2.05, 4.69) is 13.8 Å². The van der Waals surface area contributed by atoms with E-state index in [0.717, 1.165) is 0 Å². The minimum Gasteiger partial charge on any atom is -0.459 e. The second-order valence-corrected chi connectivity index (χ2v) is 7.14. The molecular weight excluding hydrogens is 244 g/mol. The monoisotopic (exact) mass is 266 g/mol. The zero-order chi connectivity index (χ0) is 14.1. The minimum absolute atomic E-state index is 0.0524. The van der Waals surface area contributed by atoms with Crippen LogP contribution in [0.1, 0.15) is 40.0 Å². The van der Waals surface area contributed by atoms with E-state index in [0.29, 0.717) is 24.8 Å². The van der Waals surface area contributed by atoms with Crippen LogP contribution in [0.15, 0.2) is 11.6 Å². The molecule has 19 heavy (non-hydrogen) atoms. The number of ether oxygens (including phenoxy) is 1.